The van der Waals surface area contributed by atoms with Crippen molar-refractivity contribution >= 4 is 0 Å². The molecule has 2 saturated carbocycles. The predicted octanol–water partition coefficient (Wildman–Crippen LogP) is 2.74. The van der Waals surface area contributed by atoms with E-state index in [1.165, 1.54) is 25.7 Å². The van der Waals surface area contributed by atoms with Crippen molar-refractivity contribution < 1.29 is 9.47 Å². The monoisotopic (exact) mass is 255 g/mol. The van der Waals surface area contributed by atoms with Crippen LogP contribution >= 0.6 is 0 Å². The summed E-state index contributed by atoms with van der Waals surface area (Å²) in [5, 5.41) is 3.81. The van der Waals surface area contributed by atoms with Crippen LogP contribution in [0.25, 0.3) is 0 Å². The summed E-state index contributed by atoms with van der Waals surface area (Å²) in [6.07, 6.45) is 5.69. The number of hydrogen-bond acceptors (Lipinski definition) is 3. The van der Waals surface area contributed by atoms with Gasteiger partial charge in [0.2, 0.25) is 0 Å². The first-order valence-corrected chi connectivity index (χ1v) is 7.63. The summed E-state index contributed by atoms with van der Waals surface area (Å²) in [7, 11) is 0. The highest BCUT2D eigenvalue weighted by molar-refractivity contribution is 5.06. The van der Waals surface area contributed by atoms with Gasteiger partial charge in [-0.2, -0.15) is 0 Å². The molecule has 0 aromatic carbocycles. The van der Waals surface area contributed by atoms with Crippen molar-refractivity contribution in [3.8, 4) is 0 Å². The van der Waals surface area contributed by atoms with E-state index in [9.17, 15) is 0 Å². The molecule has 2 fully saturated rings. The first-order valence-electron chi connectivity index (χ1n) is 7.63. The molecule has 3 unspecified atom stereocenters. The SMILES string of the molecule is CCOC1CC(NC2CC(OCC)C2(C)CC)C1. The fourth-order valence-electron chi connectivity index (χ4n) is 3.37. The van der Waals surface area contributed by atoms with Crippen molar-refractivity contribution in [1.29, 1.82) is 0 Å². The van der Waals surface area contributed by atoms with Gasteiger partial charge in [-0.3, -0.25) is 0 Å². The molecule has 2 rings (SSSR count). The van der Waals surface area contributed by atoms with Gasteiger partial charge in [-0.1, -0.05) is 13.8 Å². The minimum atomic E-state index is 0.326. The minimum Gasteiger partial charge on any atom is -0.378 e. The van der Waals surface area contributed by atoms with Crippen molar-refractivity contribution in [1.82, 2.24) is 5.32 Å². The van der Waals surface area contributed by atoms with E-state index in [-0.39, 0.29) is 0 Å². The normalized spacial score (nSPS) is 43.3. The molecular formula is C15H29NO2. The molecule has 0 heterocycles. The average molecular weight is 255 g/mol. The Kier molecular flexibility index (Phi) is 4.68. The molecule has 0 saturated heterocycles. The first kappa shape index (κ1) is 14.3. The quantitative estimate of drug-likeness (QED) is 0.759. The second-order valence-electron chi connectivity index (χ2n) is 6.00. The van der Waals surface area contributed by atoms with Gasteiger partial charge >= 0.3 is 0 Å². The Hall–Kier alpha value is -0.120. The summed E-state index contributed by atoms with van der Waals surface area (Å²) >= 11 is 0. The maximum atomic E-state index is 5.84. The molecule has 0 aromatic heterocycles. The summed E-state index contributed by atoms with van der Waals surface area (Å²) < 4.78 is 11.5. The summed E-state index contributed by atoms with van der Waals surface area (Å²) in [6.45, 7) is 10.5. The molecule has 2 aliphatic carbocycles. The zero-order valence-electron chi connectivity index (χ0n) is 12.4. The molecule has 0 amide bonds. The molecular weight excluding hydrogens is 226 g/mol. The third-order valence-electron chi connectivity index (χ3n) is 5.05. The second kappa shape index (κ2) is 5.89. The Morgan fingerprint density at radius 1 is 1.06 bits per heavy atom. The molecule has 3 nitrogen and oxygen atoms in total. The molecule has 0 spiro atoms. The van der Waals surface area contributed by atoms with Crippen LogP contribution in [0.2, 0.25) is 0 Å². The minimum absolute atomic E-state index is 0.326. The van der Waals surface area contributed by atoms with Crippen LogP contribution in [0.3, 0.4) is 0 Å². The van der Waals surface area contributed by atoms with Crippen LogP contribution in [0.15, 0.2) is 0 Å². The van der Waals surface area contributed by atoms with E-state index >= 15 is 0 Å². The van der Waals surface area contributed by atoms with Gasteiger partial charge in [0.15, 0.2) is 0 Å². The lowest BCUT2D eigenvalue weighted by atomic mass is 9.61. The Morgan fingerprint density at radius 2 is 1.72 bits per heavy atom. The third kappa shape index (κ3) is 2.59. The number of nitrogens with one attached hydrogen (secondary N) is 1. The number of rotatable bonds is 7. The highest BCUT2D eigenvalue weighted by atomic mass is 16.5. The Labute approximate surface area is 112 Å². The molecule has 0 radical (unpaired) electrons. The van der Waals surface area contributed by atoms with Gasteiger partial charge < -0.3 is 14.8 Å². The van der Waals surface area contributed by atoms with Crippen LogP contribution in [-0.4, -0.2) is 37.5 Å². The molecule has 0 bridgehead atoms. The number of ether oxygens (including phenoxy) is 2. The zero-order chi connectivity index (χ0) is 13.2. The lowest BCUT2D eigenvalue weighted by molar-refractivity contribution is -0.134. The fraction of sp³-hybridized carbons (Fsp3) is 1.00. The summed E-state index contributed by atoms with van der Waals surface area (Å²) in [5.74, 6) is 0. The van der Waals surface area contributed by atoms with Crippen molar-refractivity contribution in [2.24, 2.45) is 5.41 Å². The van der Waals surface area contributed by atoms with Crippen LogP contribution in [0, 0.1) is 5.41 Å². The van der Waals surface area contributed by atoms with Gasteiger partial charge in [-0.15, -0.1) is 0 Å². The smallest absolute Gasteiger partial charge is 0.0658 e. The molecule has 106 valence electrons. The van der Waals surface area contributed by atoms with Crippen molar-refractivity contribution in [3.05, 3.63) is 0 Å². The van der Waals surface area contributed by atoms with E-state index in [1.807, 2.05) is 0 Å². The molecule has 3 atom stereocenters. The molecule has 0 aliphatic heterocycles. The highest BCUT2D eigenvalue weighted by Gasteiger charge is 2.52. The third-order valence-corrected chi connectivity index (χ3v) is 5.05. The van der Waals surface area contributed by atoms with Crippen LogP contribution < -0.4 is 5.32 Å². The lowest BCUT2D eigenvalue weighted by Crippen LogP contribution is -2.65. The van der Waals surface area contributed by atoms with Gasteiger partial charge in [0.05, 0.1) is 12.2 Å². The fourth-order valence-corrected chi connectivity index (χ4v) is 3.37. The van der Waals surface area contributed by atoms with Crippen molar-refractivity contribution in [3.63, 3.8) is 0 Å². The van der Waals surface area contributed by atoms with E-state index in [4.69, 9.17) is 9.47 Å². The Morgan fingerprint density at radius 3 is 2.28 bits per heavy atom. The lowest BCUT2D eigenvalue weighted by Gasteiger charge is -2.56. The predicted molar refractivity (Wildman–Crippen MR) is 73.8 cm³/mol. The largest absolute Gasteiger partial charge is 0.378 e. The van der Waals surface area contributed by atoms with Crippen LogP contribution in [0.5, 0.6) is 0 Å². The van der Waals surface area contributed by atoms with Gasteiger partial charge in [0, 0.05) is 30.7 Å². The maximum absolute atomic E-state index is 5.84. The van der Waals surface area contributed by atoms with Crippen LogP contribution in [0.1, 0.15) is 53.4 Å². The van der Waals surface area contributed by atoms with Crippen LogP contribution in [0.4, 0.5) is 0 Å². The second-order valence-corrected chi connectivity index (χ2v) is 6.00. The van der Waals surface area contributed by atoms with E-state index in [2.05, 4.69) is 33.0 Å². The number of hydrogen-bond donors (Lipinski definition) is 1. The summed E-state index contributed by atoms with van der Waals surface area (Å²) in [4.78, 5) is 0. The first-order chi connectivity index (χ1) is 8.63. The topological polar surface area (TPSA) is 30.5 Å². The van der Waals surface area contributed by atoms with Gasteiger partial charge in [-0.05, 0) is 39.5 Å². The Balaban J connectivity index is 1.75. The Bertz CT molecular complexity index is 265. The summed E-state index contributed by atoms with van der Waals surface area (Å²) in [5.41, 5.74) is 0.326. The van der Waals surface area contributed by atoms with Gasteiger partial charge in [0.25, 0.3) is 0 Å². The van der Waals surface area contributed by atoms with Gasteiger partial charge in [0.1, 0.15) is 0 Å². The molecule has 0 aromatic rings. The maximum Gasteiger partial charge on any atom is 0.0658 e. The van der Waals surface area contributed by atoms with Crippen molar-refractivity contribution in [2.45, 2.75) is 77.7 Å². The van der Waals surface area contributed by atoms with E-state index in [0.717, 1.165) is 13.2 Å². The molecule has 18 heavy (non-hydrogen) atoms. The zero-order valence-corrected chi connectivity index (χ0v) is 12.4. The summed E-state index contributed by atoms with van der Waals surface area (Å²) in [6, 6.07) is 1.30. The van der Waals surface area contributed by atoms with Crippen LogP contribution in [-0.2, 0) is 9.47 Å². The standard InChI is InChI=1S/C15H29NO2/c1-5-15(4)13(10-14(15)18-7-3)16-11-8-12(9-11)17-6-2/h11-14,16H,5-10H2,1-4H3. The van der Waals surface area contributed by atoms with E-state index in [1.54, 1.807) is 0 Å². The van der Waals surface area contributed by atoms with E-state index in [0.29, 0.717) is 29.7 Å². The molecule has 3 heteroatoms. The van der Waals surface area contributed by atoms with Crippen molar-refractivity contribution in [2.75, 3.05) is 13.2 Å². The average Bonchev–Trinajstić information content (AvgIpc) is 2.33. The molecule has 1 N–H and O–H groups in total. The van der Waals surface area contributed by atoms with E-state index < -0.39 is 0 Å². The highest BCUT2D eigenvalue weighted by Crippen LogP contribution is 2.46. The molecule has 2 aliphatic rings. The van der Waals surface area contributed by atoms with Gasteiger partial charge in [-0.25, -0.2) is 0 Å².